The number of carbonyl (C=O) groups is 1. The number of aryl methyl sites for hydroxylation is 1. The van der Waals surface area contributed by atoms with Gasteiger partial charge in [-0.05, 0) is 35.7 Å². The van der Waals surface area contributed by atoms with Gasteiger partial charge >= 0.3 is 6.09 Å². The summed E-state index contributed by atoms with van der Waals surface area (Å²) in [5.41, 5.74) is 3.88. The molecule has 25 heavy (non-hydrogen) atoms. The van der Waals surface area contributed by atoms with Gasteiger partial charge in [0.25, 0.3) is 0 Å². The average Bonchev–Trinajstić information content (AvgIpc) is 2.63. The molecule has 2 aromatic carbocycles. The fourth-order valence-corrected chi connectivity index (χ4v) is 2.83. The fourth-order valence-electron chi connectivity index (χ4n) is 2.83. The quantitative estimate of drug-likeness (QED) is 0.861. The highest BCUT2D eigenvalue weighted by atomic mass is 16.6. The van der Waals surface area contributed by atoms with Gasteiger partial charge in [-0.15, -0.1) is 0 Å². The number of benzene rings is 2. The largest absolute Gasteiger partial charge is 0.444 e. The second-order valence-electron chi connectivity index (χ2n) is 5.78. The van der Waals surface area contributed by atoms with Gasteiger partial charge in [0.1, 0.15) is 19.6 Å². The highest BCUT2D eigenvalue weighted by Crippen LogP contribution is 2.29. The molecule has 1 amide bonds. The first kappa shape index (κ1) is 16.8. The molecule has 0 unspecified atom stereocenters. The average molecular weight is 339 g/mol. The molecule has 0 saturated carbocycles. The van der Waals surface area contributed by atoms with E-state index in [4.69, 9.17) is 9.57 Å². The van der Waals surface area contributed by atoms with Crippen molar-refractivity contribution in [1.82, 2.24) is 0 Å². The van der Waals surface area contributed by atoms with E-state index in [0.717, 1.165) is 41.2 Å². The van der Waals surface area contributed by atoms with E-state index in [-0.39, 0.29) is 6.61 Å². The summed E-state index contributed by atoms with van der Waals surface area (Å²) in [5.74, 6) is 0.887. The van der Waals surface area contributed by atoms with Gasteiger partial charge in [-0.1, -0.05) is 35.5 Å². The van der Waals surface area contributed by atoms with Crippen molar-refractivity contribution in [1.29, 1.82) is 0 Å². The Balaban J connectivity index is 1.63. The first-order valence-corrected chi connectivity index (χ1v) is 8.12. The van der Waals surface area contributed by atoms with Crippen molar-refractivity contribution in [3.63, 3.8) is 0 Å². The van der Waals surface area contributed by atoms with E-state index in [0.29, 0.717) is 0 Å². The second-order valence-corrected chi connectivity index (χ2v) is 5.78. The van der Waals surface area contributed by atoms with Crippen molar-refractivity contribution < 1.29 is 14.4 Å². The summed E-state index contributed by atoms with van der Waals surface area (Å²) in [6.07, 6.45) is 1.17. The number of nitrogens with one attached hydrogen (secondary N) is 1. The third-order valence-electron chi connectivity index (χ3n) is 4.10. The molecule has 1 aliphatic heterocycles. The minimum atomic E-state index is -0.463. The number of nitrogens with zero attached hydrogens (tertiary/aromatic N) is 2. The molecule has 1 heterocycles. The van der Waals surface area contributed by atoms with E-state index in [1.165, 1.54) is 0 Å². The molecule has 6 heteroatoms. The number of carbonyl (C=O) groups excluding carboxylic acids is 1. The minimum absolute atomic E-state index is 0.247. The second kappa shape index (κ2) is 7.70. The molecule has 1 N–H and O–H groups in total. The van der Waals surface area contributed by atoms with Gasteiger partial charge in [-0.2, -0.15) is 0 Å². The zero-order valence-corrected chi connectivity index (χ0v) is 14.4. The van der Waals surface area contributed by atoms with Gasteiger partial charge < -0.3 is 14.5 Å². The van der Waals surface area contributed by atoms with E-state index < -0.39 is 6.09 Å². The molecular formula is C19H21N3O3. The SMILES string of the molecule is CON=C1CCc2cc(NC(=O)OCc3ccccc3)ccc2N1C. The molecular weight excluding hydrogens is 318 g/mol. The molecule has 0 fully saturated rings. The third-order valence-corrected chi connectivity index (χ3v) is 4.10. The van der Waals surface area contributed by atoms with Crippen molar-refractivity contribution in [3.8, 4) is 0 Å². The van der Waals surface area contributed by atoms with Crippen molar-refractivity contribution in [2.75, 3.05) is 24.4 Å². The van der Waals surface area contributed by atoms with Crippen LogP contribution in [-0.2, 0) is 22.6 Å². The summed E-state index contributed by atoms with van der Waals surface area (Å²) in [6, 6.07) is 15.4. The zero-order valence-electron chi connectivity index (χ0n) is 14.4. The van der Waals surface area contributed by atoms with Crippen molar-refractivity contribution in [2.24, 2.45) is 5.16 Å². The lowest BCUT2D eigenvalue weighted by atomic mass is 10.0. The molecule has 0 atom stereocenters. The molecule has 3 rings (SSSR count). The summed E-state index contributed by atoms with van der Waals surface area (Å²) in [5, 5.41) is 6.82. The topological polar surface area (TPSA) is 63.2 Å². The first-order valence-electron chi connectivity index (χ1n) is 8.12. The normalized spacial score (nSPS) is 14.8. The highest BCUT2D eigenvalue weighted by Gasteiger charge is 2.20. The third kappa shape index (κ3) is 4.09. The van der Waals surface area contributed by atoms with Crippen LogP contribution in [0.2, 0.25) is 0 Å². The van der Waals surface area contributed by atoms with Crippen LogP contribution < -0.4 is 10.2 Å². The summed E-state index contributed by atoms with van der Waals surface area (Å²) in [6.45, 7) is 0.247. The Morgan fingerprint density at radius 1 is 1.20 bits per heavy atom. The highest BCUT2D eigenvalue weighted by molar-refractivity contribution is 6.00. The van der Waals surface area contributed by atoms with E-state index in [9.17, 15) is 4.79 Å². The van der Waals surface area contributed by atoms with Gasteiger partial charge in [0.05, 0.1) is 0 Å². The maximum absolute atomic E-state index is 12.0. The Morgan fingerprint density at radius 3 is 2.76 bits per heavy atom. The molecule has 0 aliphatic carbocycles. The monoisotopic (exact) mass is 339 g/mol. The van der Waals surface area contributed by atoms with Crippen molar-refractivity contribution >= 4 is 23.3 Å². The number of hydrogen-bond donors (Lipinski definition) is 1. The molecule has 6 nitrogen and oxygen atoms in total. The lowest BCUT2D eigenvalue weighted by Crippen LogP contribution is -2.31. The number of amidine groups is 1. The number of fused-ring (bicyclic) bond motifs is 1. The Morgan fingerprint density at radius 2 is 2.00 bits per heavy atom. The van der Waals surface area contributed by atoms with Crippen LogP contribution in [0, 0.1) is 0 Å². The molecule has 0 bridgehead atoms. The van der Waals surface area contributed by atoms with Crippen molar-refractivity contribution in [2.45, 2.75) is 19.4 Å². The smallest absolute Gasteiger partial charge is 0.411 e. The Hall–Kier alpha value is -3.02. The molecule has 0 radical (unpaired) electrons. The summed E-state index contributed by atoms with van der Waals surface area (Å²) in [4.78, 5) is 18.9. The van der Waals surface area contributed by atoms with E-state index in [1.807, 2.05) is 60.5 Å². The van der Waals surface area contributed by atoms with Crippen LogP contribution in [0.25, 0.3) is 0 Å². The summed E-state index contributed by atoms with van der Waals surface area (Å²) >= 11 is 0. The number of amides is 1. The fraction of sp³-hybridized carbons (Fsp3) is 0.263. The van der Waals surface area contributed by atoms with Gasteiger partial charge in [-0.3, -0.25) is 5.32 Å². The molecule has 1 aliphatic rings. The first-order chi connectivity index (χ1) is 12.2. The van der Waals surface area contributed by atoms with E-state index in [1.54, 1.807) is 7.11 Å². The Labute approximate surface area is 147 Å². The van der Waals surface area contributed by atoms with Gasteiger partial charge in [0.15, 0.2) is 0 Å². The van der Waals surface area contributed by atoms with Crippen molar-refractivity contribution in [3.05, 3.63) is 59.7 Å². The number of anilines is 2. The lowest BCUT2D eigenvalue weighted by molar-refractivity contribution is 0.155. The van der Waals surface area contributed by atoms with Crippen LogP contribution in [0.5, 0.6) is 0 Å². The van der Waals surface area contributed by atoms with E-state index in [2.05, 4.69) is 10.5 Å². The number of rotatable bonds is 4. The van der Waals surface area contributed by atoms with Gasteiger partial charge in [0, 0.05) is 24.8 Å². The van der Waals surface area contributed by atoms with Crippen LogP contribution in [0.3, 0.4) is 0 Å². The summed E-state index contributed by atoms with van der Waals surface area (Å²) in [7, 11) is 3.50. The van der Waals surface area contributed by atoms with Crippen LogP contribution in [0.1, 0.15) is 17.5 Å². The molecule has 2 aromatic rings. The molecule has 0 spiro atoms. The maximum Gasteiger partial charge on any atom is 0.411 e. The number of ether oxygens (including phenoxy) is 1. The van der Waals surface area contributed by atoms with Gasteiger partial charge in [0.2, 0.25) is 0 Å². The lowest BCUT2D eigenvalue weighted by Gasteiger charge is -2.28. The molecule has 0 saturated heterocycles. The zero-order chi connectivity index (χ0) is 17.6. The van der Waals surface area contributed by atoms with Crippen LogP contribution in [0.4, 0.5) is 16.2 Å². The standard InChI is InChI=1S/C19H21N3O3/c1-22-17-10-9-16(12-15(17)8-11-18(22)21-24-2)20-19(23)25-13-14-6-4-3-5-7-14/h3-7,9-10,12H,8,11,13H2,1-2H3,(H,20,23). The Kier molecular flexibility index (Phi) is 5.18. The van der Waals surface area contributed by atoms with Crippen LogP contribution in [0.15, 0.2) is 53.7 Å². The minimum Gasteiger partial charge on any atom is -0.444 e. The summed E-state index contributed by atoms with van der Waals surface area (Å²) < 4.78 is 5.25. The predicted molar refractivity (Wildman–Crippen MR) is 97.9 cm³/mol. The number of hydrogen-bond acceptors (Lipinski definition) is 4. The number of oxime groups is 1. The molecule has 130 valence electrons. The predicted octanol–water partition coefficient (Wildman–Crippen LogP) is 3.78. The van der Waals surface area contributed by atoms with Gasteiger partial charge in [-0.25, -0.2) is 4.79 Å². The van der Waals surface area contributed by atoms with E-state index >= 15 is 0 Å². The maximum atomic E-state index is 12.0. The van der Waals surface area contributed by atoms with Crippen LogP contribution in [-0.4, -0.2) is 26.1 Å². The van der Waals surface area contributed by atoms with Crippen LogP contribution >= 0.6 is 0 Å². The molecule has 0 aromatic heterocycles. The Bertz CT molecular complexity index is 775.